The summed E-state index contributed by atoms with van der Waals surface area (Å²) in [5.74, 6) is 0.0690. The normalized spacial score (nSPS) is 20.2. The van der Waals surface area contributed by atoms with E-state index in [-0.39, 0.29) is 12.0 Å². The number of carbonyl (C=O) groups excluding carboxylic acids is 1. The topological polar surface area (TPSA) is 40.5 Å². The van der Waals surface area contributed by atoms with E-state index in [0.717, 1.165) is 16.0 Å². The molecule has 0 spiro atoms. The fraction of sp³-hybridized carbons (Fsp3) is 0.562. The number of nitrogens with zero attached hydrogens (tertiary/aromatic N) is 1. The van der Waals surface area contributed by atoms with E-state index in [0.29, 0.717) is 18.3 Å². The van der Waals surface area contributed by atoms with E-state index in [1.54, 1.807) is 4.90 Å². The number of amides is 1. The maximum atomic E-state index is 12.5. The van der Waals surface area contributed by atoms with Crippen LogP contribution >= 0.6 is 11.8 Å². The van der Waals surface area contributed by atoms with Crippen molar-refractivity contribution in [3.63, 3.8) is 0 Å². The van der Waals surface area contributed by atoms with Crippen LogP contribution < -0.4 is 0 Å². The highest BCUT2D eigenvalue weighted by atomic mass is 32.2. The molecule has 4 heteroatoms. The first-order valence-corrected chi connectivity index (χ1v) is 8.26. The molecule has 20 heavy (non-hydrogen) atoms. The van der Waals surface area contributed by atoms with Gasteiger partial charge in [0.25, 0.3) is 5.91 Å². The molecule has 108 valence electrons. The number of β-amino-alcohol motifs (C(OH)–C–C–N with tert-alkyl or cyclic N) is 1. The fourth-order valence-corrected chi connectivity index (χ4v) is 4.24. The first-order valence-electron chi connectivity index (χ1n) is 7.38. The van der Waals surface area contributed by atoms with Crippen LogP contribution in [0.1, 0.15) is 41.6 Å². The van der Waals surface area contributed by atoms with Gasteiger partial charge in [-0.1, -0.05) is 24.5 Å². The molecule has 0 radical (unpaired) electrons. The van der Waals surface area contributed by atoms with Crippen molar-refractivity contribution in [3.05, 3.63) is 29.3 Å². The van der Waals surface area contributed by atoms with Gasteiger partial charge in [0.1, 0.15) is 0 Å². The molecule has 0 unspecified atom stereocenters. The third-order valence-corrected chi connectivity index (χ3v) is 5.53. The van der Waals surface area contributed by atoms with Gasteiger partial charge < -0.3 is 10.0 Å². The number of rotatable bonds is 3. The minimum atomic E-state index is -0.338. The zero-order valence-electron chi connectivity index (χ0n) is 11.8. The van der Waals surface area contributed by atoms with Crippen LogP contribution in [0.25, 0.3) is 0 Å². The van der Waals surface area contributed by atoms with Gasteiger partial charge in [-0.25, -0.2) is 0 Å². The summed E-state index contributed by atoms with van der Waals surface area (Å²) >= 11 is 1.86. The molecule has 1 aliphatic heterocycles. The summed E-state index contributed by atoms with van der Waals surface area (Å²) in [6.45, 7) is 2.96. The molecule has 1 amide bonds. The lowest BCUT2D eigenvalue weighted by atomic mass is 10.1. The number of thioether (sulfide) groups is 1. The molecule has 0 atom stereocenters. The number of aliphatic hydroxyl groups is 1. The highest BCUT2D eigenvalue weighted by Gasteiger charge is 2.31. The Morgan fingerprint density at radius 3 is 2.65 bits per heavy atom. The first kappa shape index (κ1) is 14.0. The predicted octanol–water partition coefficient (Wildman–Crippen LogP) is 2.85. The van der Waals surface area contributed by atoms with Crippen molar-refractivity contribution in [1.29, 1.82) is 0 Å². The smallest absolute Gasteiger partial charge is 0.255 e. The molecular formula is C16H21NO2S. The van der Waals surface area contributed by atoms with Gasteiger partial charge >= 0.3 is 0 Å². The molecule has 0 bridgehead atoms. The summed E-state index contributed by atoms with van der Waals surface area (Å²) in [7, 11) is 0. The lowest BCUT2D eigenvalue weighted by molar-refractivity contribution is 0.00565. The average molecular weight is 291 g/mol. The second kappa shape index (κ2) is 5.78. The summed E-state index contributed by atoms with van der Waals surface area (Å²) < 4.78 is 0. The van der Waals surface area contributed by atoms with Crippen LogP contribution in [0.2, 0.25) is 0 Å². The molecule has 1 aliphatic carbocycles. The van der Waals surface area contributed by atoms with Crippen molar-refractivity contribution in [2.45, 2.75) is 48.9 Å². The van der Waals surface area contributed by atoms with Crippen molar-refractivity contribution in [3.8, 4) is 0 Å². The number of hydrogen-bond donors (Lipinski definition) is 1. The second-order valence-corrected chi connectivity index (χ2v) is 7.23. The highest BCUT2D eigenvalue weighted by Crippen LogP contribution is 2.37. The van der Waals surface area contributed by atoms with Gasteiger partial charge in [-0.15, -0.1) is 11.8 Å². The SMILES string of the molecule is Cc1ccc(SC2CCCC2)c(C(=O)N2CC(O)C2)c1. The molecule has 2 aliphatic rings. The summed E-state index contributed by atoms with van der Waals surface area (Å²) in [4.78, 5) is 15.4. The van der Waals surface area contributed by atoms with Crippen molar-refractivity contribution in [2.75, 3.05) is 13.1 Å². The van der Waals surface area contributed by atoms with Crippen LogP contribution in [0.3, 0.4) is 0 Å². The Bertz CT molecular complexity index is 505. The molecule has 1 heterocycles. The van der Waals surface area contributed by atoms with Gasteiger partial charge in [-0.2, -0.15) is 0 Å². The van der Waals surface area contributed by atoms with Crippen molar-refractivity contribution < 1.29 is 9.90 Å². The quantitative estimate of drug-likeness (QED) is 0.931. The van der Waals surface area contributed by atoms with Crippen LogP contribution in [0.15, 0.2) is 23.1 Å². The van der Waals surface area contributed by atoms with Gasteiger partial charge in [0.15, 0.2) is 0 Å². The van der Waals surface area contributed by atoms with E-state index in [1.165, 1.54) is 25.7 Å². The molecule has 0 aromatic heterocycles. The Kier molecular flexibility index (Phi) is 4.03. The lowest BCUT2D eigenvalue weighted by Crippen LogP contribution is -2.53. The van der Waals surface area contributed by atoms with Crippen LogP contribution in [-0.2, 0) is 0 Å². The fourth-order valence-electron chi connectivity index (χ4n) is 2.89. The summed E-state index contributed by atoms with van der Waals surface area (Å²) in [6.07, 6.45) is 4.80. The minimum Gasteiger partial charge on any atom is -0.389 e. The number of hydrogen-bond acceptors (Lipinski definition) is 3. The molecule has 3 nitrogen and oxygen atoms in total. The number of benzene rings is 1. The van der Waals surface area contributed by atoms with Gasteiger partial charge in [-0.3, -0.25) is 4.79 Å². The van der Waals surface area contributed by atoms with Gasteiger partial charge in [-0.05, 0) is 31.9 Å². The third-order valence-electron chi connectivity index (χ3n) is 4.11. The molecule has 1 aromatic carbocycles. The minimum absolute atomic E-state index is 0.0690. The maximum absolute atomic E-state index is 12.5. The summed E-state index contributed by atoms with van der Waals surface area (Å²) in [5, 5.41) is 10.0. The zero-order valence-corrected chi connectivity index (χ0v) is 12.7. The van der Waals surface area contributed by atoms with E-state index >= 15 is 0 Å². The molecule has 1 saturated carbocycles. The Hall–Kier alpha value is -1.00. The van der Waals surface area contributed by atoms with Gasteiger partial charge in [0.2, 0.25) is 0 Å². The van der Waals surface area contributed by atoms with Crippen molar-refractivity contribution in [2.24, 2.45) is 0 Å². The number of carbonyl (C=O) groups is 1. The standard InChI is InChI=1S/C16H21NO2S/c1-11-6-7-15(20-13-4-2-3-5-13)14(8-11)16(19)17-9-12(18)10-17/h6-8,12-13,18H,2-5,9-10H2,1H3. The van der Waals surface area contributed by atoms with E-state index in [4.69, 9.17) is 0 Å². The van der Waals surface area contributed by atoms with Gasteiger partial charge in [0, 0.05) is 23.2 Å². The Labute approximate surface area is 124 Å². The largest absolute Gasteiger partial charge is 0.389 e. The van der Waals surface area contributed by atoms with E-state index in [2.05, 4.69) is 12.1 Å². The Morgan fingerprint density at radius 1 is 1.30 bits per heavy atom. The molecule has 3 rings (SSSR count). The maximum Gasteiger partial charge on any atom is 0.255 e. The molecule has 1 saturated heterocycles. The van der Waals surface area contributed by atoms with Crippen LogP contribution in [-0.4, -0.2) is 40.4 Å². The lowest BCUT2D eigenvalue weighted by Gasteiger charge is -2.36. The van der Waals surface area contributed by atoms with E-state index in [1.807, 2.05) is 24.8 Å². The van der Waals surface area contributed by atoms with Crippen LogP contribution in [0, 0.1) is 6.92 Å². The molecule has 1 aromatic rings. The van der Waals surface area contributed by atoms with E-state index < -0.39 is 0 Å². The van der Waals surface area contributed by atoms with Crippen LogP contribution in [0.5, 0.6) is 0 Å². The highest BCUT2D eigenvalue weighted by molar-refractivity contribution is 8.00. The molecule has 2 fully saturated rings. The van der Waals surface area contributed by atoms with E-state index in [9.17, 15) is 9.90 Å². The monoisotopic (exact) mass is 291 g/mol. The number of aryl methyl sites for hydroxylation is 1. The molecule has 1 N–H and O–H groups in total. The first-order chi connectivity index (χ1) is 9.63. The Morgan fingerprint density at radius 2 is 2.00 bits per heavy atom. The predicted molar refractivity (Wildman–Crippen MR) is 81.2 cm³/mol. The second-order valence-electron chi connectivity index (χ2n) is 5.89. The summed E-state index contributed by atoms with van der Waals surface area (Å²) in [6, 6.07) is 6.16. The van der Waals surface area contributed by atoms with Crippen LogP contribution in [0.4, 0.5) is 0 Å². The zero-order chi connectivity index (χ0) is 14.1. The van der Waals surface area contributed by atoms with Crippen molar-refractivity contribution in [1.82, 2.24) is 4.90 Å². The Balaban J connectivity index is 1.80. The third kappa shape index (κ3) is 2.86. The average Bonchev–Trinajstić information content (AvgIpc) is 2.89. The number of likely N-dealkylation sites (tertiary alicyclic amines) is 1. The molecular weight excluding hydrogens is 270 g/mol. The van der Waals surface area contributed by atoms with Crippen molar-refractivity contribution >= 4 is 17.7 Å². The summed E-state index contributed by atoms with van der Waals surface area (Å²) in [5.41, 5.74) is 1.93. The number of aliphatic hydroxyl groups excluding tert-OH is 1. The van der Waals surface area contributed by atoms with Gasteiger partial charge in [0.05, 0.1) is 11.7 Å².